The normalized spacial score (nSPS) is 17.9. The van der Waals surface area contributed by atoms with Gasteiger partial charge in [-0.05, 0) is 45.4 Å². The molecule has 1 unspecified atom stereocenters. The largest absolute Gasteiger partial charge is 0.444 e. The molecule has 1 aromatic heterocycles. The molecule has 130 valence electrons. The van der Waals surface area contributed by atoms with Crippen molar-refractivity contribution in [1.82, 2.24) is 14.8 Å². The average Bonchev–Trinajstić information content (AvgIpc) is 3.00. The fourth-order valence-electron chi connectivity index (χ4n) is 2.96. The molecule has 1 amide bonds. The number of carbonyl (C=O) groups excluding carboxylic acids is 1. The summed E-state index contributed by atoms with van der Waals surface area (Å²) in [6, 6.07) is 6.83. The smallest absolute Gasteiger partial charge is 0.410 e. The summed E-state index contributed by atoms with van der Waals surface area (Å²) in [5, 5.41) is 0. The first-order valence-electron chi connectivity index (χ1n) is 8.38. The lowest BCUT2D eigenvalue weighted by Gasteiger charge is -2.38. The molecule has 6 heteroatoms. The highest BCUT2D eigenvalue weighted by Gasteiger charge is 2.28. The Bertz CT molecular complexity index is 714. The predicted octanol–water partition coefficient (Wildman–Crippen LogP) is 3.91. The van der Waals surface area contributed by atoms with Gasteiger partial charge in [0, 0.05) is 32.2 Å². The van der Waals surface area contributed by atoms with E-state index < -0.39 is 5.60 Å². The quantitative estimate of drug-likeness (QED) is 0.826. The van der Waals surface area contributed by atoms with Gasteiger partial charge in [-0.3, -0.25) is 4.90 Å². The molecule has 0 spiro atoms. The molecule has 2 heterocycles. The third kappa shape index (κ3) is 3.87. The van der Waals surface area contributed by atoms with Crippen LogP contribution in [0, 0.1) is 0 Å². The van der Waals surface area contributed by atoms with Gasteiger partial charge >= 0.3 is 6.09 Å². The number of rotatable bonds is 2. The summed E-state index contributed by atoms with van der Waals surface area (Å²) in [4.78, 5) is 20.8. The van der Waals surface area contributed by atoms with E-state index in [1.807, 2.05) is 26.3 Å². The van der Waals surface area contributed by atoms with Gasteiger partial charge in [0.2, 0.25) is 0 Å². The van der Waals surface area contributed by atoms with E-state index in [1.165, 1.54) is 10.3 Å². The van der Waals surface area contributed by atoms with Gasteiger partial charge in [0.05, 0.1) is 15.7 Å². The summed E-state index contributed by atoms with van der Waals surface area (Å²) < 4.78 is 6.68. The summed E-state index contributed by atoms with van der Waals surface area (Å²) in [6.45, 7) is 11.0. The van der Waals surface area contributed by atoms with E-state index in [4.69, 9.17) is 4.74 Å². The van der Waals surface area contributed by atoms with Gasteiger partial charge in [0.15, 0.2) is 0 Å². The monoisotopic (exact) mass is 347 g/mol. The maximum absolute atomic E-state index is 12.2. The highest BCUT2D eigenvalue weighted by molar-refractivity contribution is 7.16. The fourth-order valence-corrected chi connectivity index (χ4v) is 3.62. The van der Waals surface area contributed by atoms with Gasteiger partial charge < -0.3 is 9.64 Å². The van der Waals surface area contributed by atoms with E-state index in [-0.39, 0.29) is 6.09 Å². The number of fused-ring (bicyclic) bond motifs is 1. The SMILES string of the molecule is CC(c1ccc2scnc2c1)N1CCN(C(=O)OC(C)(C)C)CC1. The van der Waals surface area contributed by atoms with E-state index in [0.29, 0.717) is 19.1 Å². The Morgan fingerprint density at radius 1 is 1.25 bits per heavy atom. The minimum atomic E-state index is -0.440. The average molecular weight is 347 g/mol. The standard InChI is InChI=1S/C18H25N3O2S/c1-13(14-5-6-16-15(11-14)19-12-24-16)20-7-9-21(10-8-20)17(22)23-18(2,3)4/h5-6,11-13H,7-10H2,1-4H3. The Morgan fingerprint density at radius 2 is 1.96 bits per heavy atom. The number of benzene rings is 1. The number of hydrogen-bond acceptors (Lipinski definition) is 5. The topological polar surface area (TPSA) is 45.7 Å². The summed E-state index contributed by atoms with van der Waals surface area (Å²) in [7, 11) is 0. The molecule has 1 saturated heterocycles. The maximum atomic E-state index is 12.2. The van der Waals surface area contributed by atoms with Crippen molar-refractivity contribution in [1.29, 1.82) is 0 Å². The van der Waals surface area contributed by atoms with Crippen molar-refractivity contribution in [2.24, 2.45) is 0 Å². The Kier molecular flexibility index (Phi) is 4.78. The van der Waals surface area contributed by atoms with Crippen molar-refractivity contribution >= 4 is 27.6 Å². The van der Waals surface area contributed by atoms with Gasteiger partial charge in [-0.1, -0.05) is 6.07 Å². The third-order valence-electron chi connectivity index (χ3n) is 4.35. The zero-order valence-electron chi connectivity index (χ0n) is 14.8. The van der Waals surface area contributed by atoms with E-state index in [9.17, 15) is 4.79 Å². The first-order valence-corrected chi connectivity index (χ1v) is 9.26. The first kappa shape index (κ1) is 17.2. The van der Waals surface area contributed by atoms with Crippen molar-refractivity contribution in [3.05, 3.63) is 29.3 Å². The Hall–Kier alpha value is -1.66. The Labute approximate surface area is 147 Å². The van der Waals surface area contributed by atoms with Crippen LogP contribution in [-0.2, 0) is 4.74 Å². The lowest BCUT2D eigenvalue weighted by molar-refractivity contribution is 0.0110. The molecular formula is C18H25N3O2S. The second-order valence-electron chi connectivity index (χ2n) is 7.26. The molecule has 1 aliphatic heterocycles. The van der Waals surface area contributed by atoms with Crippen LogP contribution in [0.3, 0.4) is 0 Å². The number of hydrogen-bond donors (Lipinski definition) is 0. The van der Waals surface area contributed by atoms with Gasteiger partial charge in [-0.15, -0.1) is 11.3 Å². The van der Waals surface area contributed by atoms with Crippen LogP contribution in [0.4, 0.5) is 4.79 Å². The van der Waals surface area contributed by atoms with Crippen LogP contribution in [0.2, 0.25) is 0 Å². The van der Waals surface area contributed by atoms with Crippen molar-refractivity contribution in [3.8, 4) is 0 Å². The molecule has 1 aromatic carbocycles. The minimum absolute atomic E-state index is 0.210. The molecule has 0 radical (unpaired) electrons. The number of nitrogens with zero attached hydrogens (tertiary/aromatic N) is 3. The van der Waals surface area contributed by atoms with Gasteiger partial charge in [-0.25, -0.2) is 9.78 Å². The molecule has 2 aromatic rings. The van der Waals surface area contributed by atoms with Crippen molar-refractivity contribution < 1.29 is 9.53 Å². The van der Waals surface area contributed by atoms with Crippen LogP contribution in [0.5, 0.6) is 0 Å². The number of amides is 1. The molecule has 1 atom stereocenters. The zero-order valence-corrected chi connectivity index (χ0v) is 15.6. The number of aromatic nitrogens is 1. The predicted molar refractivity (Wildman–Crippen MR) is 97.4 cm³/mol. The zero-order chi connectivity index (χ0) is 17.3. The number of carbonyl (C=O) groups is 1. The second kappa shape index (κ2) is 6.69. The molecule has 1 fully saturated rings. The molecule has 0 bridgehead atoms. The number of piperazine rings is 1. The fraction of sp³-hybridized carbons (Fsp3) is 0.556. The van der Waals surface area contributed by atoms with Crippen LogP contribution in [0.1, 0.15) is 39.3 Å². The second-order valence-corrected chi connectivity index (χ2v) is 8.15. The Morgan fingerprint density at radius 3 is 2.62 bits per heavy atom. The number of thiazole rings is 1. The summed E-state index contributed by atoms with van der Waals surface area (Å²) in [5.74, 6) is 0. The lowest BCUT2D eigenvalue weighted by atomic mass is 10.1. The molecule has 24 heavy (non-hydrogen) atoms. The molecule has 0 aliphatic carbocycles. The van der Waals surface area contributed by atoms with Crippen molar-refractivity contribution in [2.45, 2.75) is 39.3 Å². The lowest BCUT2D eigenvalue weighted by Crippen LogP contribution is -2.50. The maximum Gasteiger partial charge on any atom is 0.410 e. The molecule has 5 nitrogen and oxygen atoms in total. The summed E-state index contributed by atoms with van der Waals surface area (Å²) >= 11 is 1.67. The highest BCUT2D eigenvalue weighted by Crippen LogP contribution is 2.26. The van der Waals surface area contributed by atoms with E-state index in [0.717, 1.165) is 18.6 Å². The van der Waals surface area contributed by atoms with E-state index in [2.05, 4.69) is 35.0 Å². The van der Waals surface area contributed by atoms with Crippen LogP contribution in [-0.4, -0.2) is 52.7 Å². The van der Waals surface area contributed by atoms with Gasteiger partial charge in [0.25, 0.3) is 0 Å². The van der Waals surface area contributed by atoms with Gasteiger partial charge in [-0.2, -0.15) is 0 Å². The molecule has 3 rings (SSSR count). The summed E-state index contributed by atoms with van der Waals surface area (Å²) in [5.41, 5.74) is 3.79. The van der Waals surface area contributed by atoms with Crippen LogP contribution < -0.4 is 0 Å². The molecule has 0 saturated carbocycles. The Balaban J connectivity index is 1.60. The highest BCUT2D eigenvalue weighted by atomic mass is 32.1. The van der Waals surface area contributed by atoms with E-state index >= 15 is 0 Å². The molecular weight excluding hydrogens is 322 g/mol. The minimum Gasteiger partial charge on any atom is -0.444 e. The van der Waals surface area contributed by atoms with Crippen LogP contribution in [0.25, 0.3) is 10.2 Å². The van der Waals surface area contributed by atoms with Crippen molar-refractivity contribution in [3.63, 3.8) is 0 Å². The third-order valence-corrected chi connectivity index (χ3v) is 5.16. The number of ether oxygens (including phenoxy) is 1. The molecule has 0 N–H and O–H groups in total. The summed E-state index contributed by atoms with van der Waals surface area (Å²) in [6.07, 6.45) is -0.210. The molecule has 1 aliphatic rings. The first-order chi connectivity index (χ1) is 11.3. The van der Waals surface area contributed by atoms with Crippen LogP contribution in [0.15, 0.2) is 23.7 Å². The van der Waals surface area contributed by atoms with Crippen LogP contribution >= 0.6 is 11.3 Å². The van der Waals surface area contributed by atoms with E-state index in [1.54, 1.807) is 16.2 Å². The van der Waals surface area contributed by atoms with Gasteiger partial charge in [0.1, 0.15) is 5.60 Å². The van der Waals surface area contributed by atoms with Crippen molar-refractivity contribution in [2.75, 3.05) is 26.2 Å².